The van der Waals surface area contributed by atoms with Gasteiger partial charge in [-0.25, -0.2) is 0 Å². The predicted molar refractivity (Wildman–Crippen MR) is 64.8 cm³/mol. The molecule has 4 nitrogen and oxygen atoms in total. The van der Waals surface area contributed by atoms with Crippen LogP contribution in [0.4, 0.5) is 5.69 Å². The van der Waals surface area contributed by atoms with Gasteiger partial charge in [-0.15, -0.1) is 6.42 Å². The van der Waals surface area contributed by atoms with Gasteiger partial charge in [-0.2, -0.15) is 0 Å². The molecule has 0 aromatic carbocycles. The molecule has 0 bridgehead atoms. The molecule has 0 aliphatic rings. The fourth-order valence-corrected chi connectivity index (χ4v) is 1.53. The lowest BCUT2D eigenvalue weighted by molar-refractivity contribution is 0.0936. The Labute approximate surface area is 95.8 Å². The SMILES string of the molecule is C#CC(CCC)NC(=O)c1cc(N)cn1C. The van der Waals surface area contributed by atoms with E-state index in [2.05, 4.69) is 11.2 Å². The fourth-order valence-electron chi connectivity index (χ4n) is 1.53. The van der Waals surface area contributed by atoms with Crippen LogP contribution in [0, 0.1) is 12.3 Å². The molecule has 0 spiro atoms. The highest BCUT2D eigenvalue weighted by Gasteiger charge is 2.14. The highest BCUT2D eigenvalue weighted by molar-refractivity contribution is 5.94. The number of nitrogens with zero attached hydrogens (tertiary/aromatic N) is 1. The summed E-state index contributed by atoms with van der Waals surface area (Å²) in [6.45, 7) is 2.02. The number of nitrogens with two attached hydrogens (primary N) is 1. The number of aryl methyl sites for hydroxylation is 1. The Bertz CT molecular complexity index is 414. The van der Waals surface area contributed by atoms with Crippen LogP contribution >= 0.6 is 0 Å². The highest BCUT2D eigenvalue weighted by atomic mass is 16.2. The Hall–Kier alpha value is -1.89. The van der Waals surface area contributed by atoms with Crippen molar-refractivity contribution < 1.29 is 4.79 Å². The average molecular weight is 219 g/mol. The molecule has 1 amide bonds. The molecule has 0 aliphatic heterocycles. The highest BCUT2D eigenvalue weighted by Crippen LogP contribution is 2.09. The summed E-state index contributed by atoms with van der Waals surface area (Å²) < 4.78 is 1.68. The van der Waals surface area contributed by atoms with Crippen molar-refractivity contribution in [3.8, 4) is 12.3 Å². The molecular formula is C12H17N3O. The van der Waals surface area contributed by atoms with E-state index < -0.39 is 0 Å². The first-order valence-electron chi connectivity index (χ1n) is 5.27. The third-order valence-corrected chi connectivity index (χ3v) is 2.34. The molecule has 1 aromatic rings. The molecular weight excluding hydrogens is 202 g/mol. The van der Waals surface area contributed by atoms with Crippen molar-refractivity contribution in [2.45, 2.75) is 25.8 Å². The molecule has 16 heavy (non-hydrogen) atoms. The van der Waals surface area contributed by atoms with E-state index in [1.807, 2.05) is 6.92 Å². The molecule has 86 valence electrons. The van der Waals surface area contributed by atoms with Crippen LogP contribution in [0.3, 0.4) is 0 Å². The Morgan fingerprint density at radius 3 is 2.88 bits per heavy atom. The first kappa shape index (κ1) is 12.2. The second-order valence-electron chi connectivity index (χ2n) is 3.75. The van der Waals surface area contributed by atoms with Crippen molar-refractivity contribution in [2.75, 3.05) is 5.73 Å². The van der Waals surface area contributed by atoms with Crippen molar-refractivity contribution in [1.82, 2.24) is 9.88 Å². The molecule has 1 aromatic heterocycles. The van der Waals surface area contributed by atoms with E-state index in [1.54, 1.807) is 23.9 Å². The summed E-state index contributed by atoms with van der Waals surface area (Å²) in [4.78, 5) is 11.8. The molecule has 1 rings (SSSR count). The summed E-state index contributed by atoms with van der Waals surface area (Å²) in [7, 11) is 1.77. The molecule has 1 atom stereocenters. The number of anilines is 1. The van der Waals surface area contributed by atoms with Crippen molar-refractivity contribution in [2.24, 2.45) is 7.05 Å². The second kappa shape index (κ2) is 5.26. The molecule has 0 aliphatic carbocycles. The van der Waals surface area contributed by atoms with Gasteiger partial charge in [0.05, 0.1) is 11.7 Å². The van der Waals surface area contributed by atoms with Crippen molar-refractivity contribution in [3.05, 3.63) is 18.0 Å². The van der Waals surface area contributed by atoms with E-state index in [1.165, 1.54) is 0 Å². The molecule has 3 N–H and O–H groups in total. The van der Waals surface area contributed by atoms with Gasteiger partial charge in [-0.1, -0.05) is 19.3 Å². The van der Waals surface area contributed by atoms with Gasteiger partial charge in [-0.3, -0.25) is 4.79 Å². The van der Waals surface area contributed by atoms with Gasteiger partial charge in [0, 0.05) is 13.2 Å². The maximum Gasteiger partial charge on any atom is 0.268 e. The number of hydrogen-bond donors (Lipinski definition) is 2. The van der Waals surface area contributed by atoms with Crippen LogP contribution in [0.5, 0.6) is 0 Å². The van der Waals surface area contributed by atoms with Crippen LogP contribution in [0.2, 0.25) is 0 Å². The topological polar surface area (TPSA) is 60.1 Å². The smallest absolute Gasteiger partial charge is 0.268 e. The number of carbonyl (C=O) groups excluding carboxylic acids is 1. The molecule has 1 unspecified atom stereocenters. The summed E-state index contributed by atoms with van der Waals surface area (Å²) in [5.74, 6) is 2.37. The van der Waals surface area contributed by atoms with Crippen molar-refractivity contribution >= 4 is 11.6 Å². The van der Waals surface area contributed by atoms with Crippen LogP contribution in [0.25, 0.3) is 0 Å². The lowest BCUT2D eigenvalue weighted by Gasteiger charge is -2.12. The minimum atomic E-state index is -0.214. The number of nitrogens with one attached hydrogen (secondary N) is 1. The third-order valence-electron chi connectivity index (χ3n) is 2.34. The van der Waals surface area contributed by atoms with E-state index >= 15 is 0 Å². The van der Waals surface area contributed by atoms with E-state index in [-0.39, 0.29) is 11.9 Å². The van der Waals surface area contributed by atoms with Gasteiger partial charge in [0.15, 0.2) is 0 Å². The first-order chi connectivity index (χ1) is 7.58. The Kier molecular flexibility index (Phi) is 4.01. The van der Waals surface area contributed by atoms with Gasteiger partial charge in [0.2, 0.25) is 0 Å². The van der Waals surface area contributed by atoms with E-state index in [9.17, 15) is 4.79 Å². The number of carbonyl (C=O) groups is 1. The Morgan fingerprint density at radius 1 is 1.75 bits per heavy atom. The lowest BCUT2D eigenvalue weighted by Crippen LogP contribution is -2.34. The van der Waals surface area contributed by atoms with Crippen LogP contribution in [-0.4, -0.2) is 16.5 Å². The Morgan fingerprint density at radius 2 is 2.44 bits per heavy atom. The standard InChI is InChI=1S/C12H17N3O/c1-4-6-10(5-2)14-12(16)11-7-9(13)8-15(11)3/h2,7-8,10H,4,6,13H2,1,3H3,(H,14,16). The normalized spacial score (nSPS) is 11.8. The number of rotatable bonds is 4. The zero-order valence-corrected chi connectivity index (χ0v) is 9.66. The van der Waals surface area contributed by atoms with Gasteiger partial charge in [0.1, 0.15) is 5.69 Å². The van der Waals surface area contributed by atoms with E-state index in [0.29, 0.717) is 11.4 Å². The van der Waals surface area contributed by atoms with Crippen molar-refractivity contribution in [3.63, 3.8) is 0 Å². The lowest BCUT2D eigenvalue weighted by atomic mass is 10.2. The number of nitrogen functional groups attached to an aromatic ring is 1. The maximum atomic E-state index is 11.8. The van der Waals surface area contributed by atoms with E-state index in [0.717, 1.165) is 12.8 Å². The van der Waals surface area contributed by atoms with Crippen LogP contribution in [0.1, 0.15) is 30.3 Å². The summed E-state index contributed by atoms with van der Waals surface area (Å²) in [6.07, 6.45) is 8.74. The second-order valence-corrected chi connectivity index (χ2v) is 3.75. The summed E-state index contributed by atoms with van der Waals surface area (Å²) in [6, 6.07) is 1.42. The maximum absolute atomic E-state index is 11.8. The van der Waals surface area contributed by atoms with Gasteiger partial charge in [0.25, 0.3) is 5.91 Å². The minimum Gasteiger partial charge on any atom is -0.397 e. The summed E-state index contributed by atoms with van der Waals surface area (Å²) >= 11 is 0. The molecule has 0 saturated heterocycles. The number of terminal acetylenes is 1. The van der Waals surface area contributed by atoms with Crippen LogP contribution in [-0.2, 0) is 7.05 Å². The monoisotopic (exact) mass is 219 g/mol. The molecule has 0 saturated carbocycles. The molecule has 4 heteroatoms. The minimum absolute atomic E-state index is 0.185. The third kappa shape index (κ3) is 2.80. The number of amides is 1. The molecule has 0 radical (unpaired) electrons. The number of hydrogen-bond acceptors (Lipinski definition) is 2. The Balaban J connectivity index is 2.72. The van der Waals surface area contributed by atoms with Crippen LogP contribution < -0.4 is 11.1 Å². The first-order valence-corrected chi connectivity index (χ1v) is 5.27. The van der Waals surface area contributed by atoms with Gasteiger partial charge >= 0.3 is 0 Å². The predicted octanol–water partition coefficient (Wildman–Crippen LogP) is 1.14. The van der Waals surface area contributed by atoms with Gasteiger partial charge < -0.3 is 15.6 Å². The zero-order valence-electron chi connectivity index (χ0n) is 9.66. The molecule has 1 heterocycles. The van der Waals surface area contributed by atoms with Crippen molar-refractivity contribution in [1.29, 1.82) is 0 Å². The van der Waals surface area contributed by atoms with Gasteiger partial charge in [-0.05, 0) is 12.5 Å². The quantitative estimate of drug-likeness (QED) is 0.746. The zero-order chi connectivity index (χ0) is 12.1. The summed E-state index contributed by atoms with van der Waals surface area (Å²) in [5, 5.41) is 2.79. The fraction of sp³-hybridized carbons (Fsp3) is 0.417. The van der Waals surface area contributed by atoms with Crippen LogP contribution in [0.15, 0.2) is 12.3 Å². The van der Waals surface area contributed by atoms with E-state index in [4.69, 9.17) is 12.2 Å². The largest absolute Gasteiger partial charge is 0.397 e. The summed E-state index contributed by atoms with van der Waals surface area (Å²) in [5.41, 5.74) is 6.69. The molecule has 0 fully saturated rings. The average Bonchev–Trinajstić information content (AvgIpc) is 2.57. The number of aromatic nitrogens is 1.